The van der Waals surface area contributed by atoms with Crippen molar-refractivity contribution in [3.05, 3.63) is 40.8 Å². The lowest BCUT2D eigenvalue weighted by Crippen LogP contribution is -2.02. The Hall–Kier alpha value is -2.70. The first-order valence-corrected chi connectivity index (χ1v) is 8.93. The molecule has 7 heteroatoms. The van der Waals surface area contributed by atoms with Gasteiger partial charge < -0.3 is 9.26 Å². The molecule has 138 valence electrons. The fraction of sp³-hybridized carbons (Fsp3) is 0.474. The number of benzene rings is 1. The van der Waals surface area contributed by atoms with Crippen LogP contribution in [0, 0.1) is 20.8 Å². The van der Waals surface area contributed by atoms with Crippen molar-refractivity contribution in [3.63, 3.8) is 0 Å². The Kier molecular flexibility index (Phi) is 5.65. The van der Waals surface area contributed by atoms with Crippen LogP contribution in [0.5, 0.6) is 5.75 Å². The van der Waals surface area contributed by atoms with E-state index in [9.17, 15) is 0 Å². The Labute approximate surface area is 153 Å². The largest absolute Gasteiger partial charge is 0.493 e. The van der Waals surface area contributed by atoms with Gasteiger partial charge in [0.05, 0.1) is 12.3 Å². The van der Waals surface area contributed by atoms with Gasteiger partial charge in [-0.3, -0.25) is 0 Å². The Morgan fingerprint density at radius 1 is 1.04 bits per heavy atom. The first-order valence-electron chi connectivity index (χ1n) is 8.93. The third kappa shape index (κ3) is 4.28. The molecule has 0 aliphatic heterocycles. The summed E-state index contributed by atoms with van der Waals surface area (Å²) in [6.07, 6.45) is 4.12. The van der Waals surface area contributed by atoms with E-state index in [0.717, 1.165) is 65.4 Å². The molecule has 0 atom stereocenters. The van der Waals surface area contributed by atoms with Crippen molar-refractivity contribution in [1.29, 1.82) is 0 Å². The van der Waals surface area contributed by atoms with Crippen LogP contribution in [0.3, 0.4) is 0 Å². The predicted molar refractivity (Wildman–Crippen MR) is 98.0 cm³/mol. The maximum atomic E-state index is 6.03. The smallest absolute Gasteiger partial charge is 0.181 e. The van der Waals surface area contributed by atoms with Crippen LogP contribution < -0.4 is 4.74 Å². The second kappa shape index (κ2) is 8.12. The predicted octanol–water partition coefficient (Wildman–Crippen LogP) is 3.58. The monoisotopic (exact) mass is 355 g/mol. The quantitative estimate of drug-likeness (QED) is 0.575. The van der Waals surface area contributed by atoms with Gasteiger partial charge in [-0.25, -0.2) is 4.68 Å². The molecule has 0 amide bonds. The maximum Gasteiger partial charge on any atom is 0.181 e. The molecule has 1 aromatic carbocycles. The topological polar surface area (TPSA) is 78.9 Å². The molecule has 0 aliphatic carbocycles. The van der Waals surface area contributed by atoms with Crippen molar-refractivity contribution in [2.45, 2.75) is 46.5 Å². The van der Waals surface area contributed by atoms with Crippen LogP contribution in [0.25, 0.3) is 11.4 Å². The molecule has 2 aromatic heterocycles. The molecule has 0 fully saturated rings. The van der Waals surface area contributed by atoms with Crippen LogP contribution in [-0.4, -0.2) is 32.0 Å². The Bertz CT molecular complexity index is 845. The van der Waals surface area contributed by atoms with Gasteiger partial charge in [-0.2, -0.15) is 0 Å². The van der Waals surface area contributed by atoms with E-state index < -0.39 is 0 Å². The van der Waals surface area contributed by atoms with Crippen LogP contribution in [0.15, 0.2) is 22.7 Å². The molecule has 0 unspecified atom stereocenters. The van der Waals surface area contributed by atoms with Crippen LogP contribution in [-0.2, 0) is 13.5 Å². The highest BCUT2D eigenvalue weighted by Crippen LogP contribution is 2.29. The molecule has 7 nitrogen and oxygen atoms in total. The van der Waals surface area contributed by atoms with Crippen molar-refractivity contribution in [2.75, 3.05) is 6.61 Å². The van der Waals surface area contributed by atoms with Crippen molar-refractivity contribution >= 4 is 0 Å². The van der Waals surface area contributed by atoms with Gasteiger partial charge in [-0.15, -0.1) is 5.10 Å². The second-order valence-corrected chi connectivity index (χ2v) is 6.66. The van der Waals surface area contributed by atoms with E-state index in [1.807, 2.05) is 20.0 Å². The van der Waals surface area contributed by atoms with Crippen LogP contribution in [0.4, 0.5) is 0 Å². The van der Waals surface area contributed by atoms with Crippen molar-refractivity contribution in [1.82, 2.24) is 25.4 Å². The van der Waals surface area contributed by atoms with E-state index in [-0.39, 0.29) is 0 Å². The summed E-state index contributed by atoms with van der Waals surface area (Å²) in [7, 11) is 1.84. The normalized spacial score (nSPS) is 11.1. The van der Waals surface area contributed by atoms with Crippen molar-refractivity contribution < 1.29 is 9.26 Å². The molecule has 0 spiro atoms. The Morgan fingerprint density at radius 3 is 2.42 bits per heavy atom. The fourth-order valence-corrected chi connectivity index (χ4v) is 3.07. The molecule has 3 aromatic rings. The van der Waals surface area contributed by atoms with E-state index >= 15 is 0 Å². The lowest BCUT2D eigenvalue weighted by Gasteiger charge is -2.13. The van der Waals surface area contributed by atoms with Gasteiger partial charge >= 0.3 is 0 Å². The van der Waals surface area contributed by atoms with Crippen molar-refractivity contribution in [3.8, 4) is 17.1 Å². The van der Waals surface area contributed by atoms with Gasteiger partial charge in [0.1, 0.15) is 11.5 Å². The summed E-state index contributed by atoms with van der Waals surface area (Å²) < 4.78 is 12.9. The molecular formula is C19H25N5O2. The number of rotatable bonds is 8. The minimum absolute atomic E-state index is 0.710. The third-order valence-corrected chi connectivity index (χ3v) is 4.33. The van der Waals surface area contributed by atoms with Gasteiger partial charge in [-0.1, -0.05) is 5.16 Å². The highest BCUT2D eigenvalue weighted by molar-refractivity contribution is 5.61. The summed E-state index contributed by atoms with van der Waals surface area (Å²) in [6.45, 7) is 6.77. The van der Waals surface area contributed by atoms with Gasteiger partial charge in [-0.05, 0) is 73.7 Å². The summed E-state index contributed by atoms with van der Waals surface area (Å²) in [6, 6.07) is 6.14. The number of nitrogens with zero attached hydrogens (tertiary/aromatic N) is 5. The molecular weight excluding hydrogens is 330 g/mol. The molecule has 0 bridgehead atoms. The van der Waals surface area contributed by atoms with E-state index in [2.05, 4.69) is 46.7 Å². The third-order valence-electron chi connectivity index (χ3n) is 4.33. The summed E-state index contributed by atoms with van der Waals surface area (Å²) in [5.41, 5.74) is 4.14. The Morgan fingerprint density at radius 2 is 1.81 bits per heavy atom. The summed E-state index contributed by atoms with van der Waals surface area (Å²) in [5, 5.41) is 15.6. The summed E-state index contributed by atoms with van der Waals surface area (Å²) in [5.74, 6) is 2.67. The summed E-state index contributed by atoms with van der Waals surface area (Å²) in [4.78, 5) is 0. The van der Waals surface area contributed by atoms with Crippen LogP contribution >= 0.6 is 0 Å². The Balaban J connectivity index is 1.49. The van der Waals surface area contributed by atoms with E-state index in [4.69, 9.17) is 9.26 Å². The molecule has 0 aliphatic rings. The molecule has 3 rings (SSSR count). The van der Waals surface area contributed by atoms with Crippen molar-refractivity contribution in [2.24, 2.45) is 7.05 Å². The van der Waals surface area contributed by atoms with Gasteiger partial charge in [0.25, 0.3) is 0 Å². The van der Waals surface area contributed by atoms with Crippen LogP contribution in [0.2, 0.25) is 0 Å². The zero-order valence-corrected chi connectivity index (χ0v) is 15.8. The number of unbranched alkanes of at least 4 members (excludes halogenated alkanes) is 2. The van der Waals surface area contributed by atoms with Gasteiger partial charge in [0.15, 0.2) is 5.82 Å². The average molecular weight is 355 g/mol. The minimum Gasteiger partial charge on any atom is -0.493 e. The SMILES string of the molecule is Cc1cc(CCCCCOc2c(C)cc(-c3nnnn3C)cc2C)on1. The van der Waals surface area contributed by atoms with E-state index in [1.54, 1.807) is 4.68 Å². The number of hydrogen-bond acceptors (Lipinski definition) is 6. The highest BCUT2D eigenvalue weighted by atomic mass is 16.5. The lowest BCUT2D eigenvalue weighted by atomic mass is 10.1. The standard InChI is InChI=1S/C19H25N5O2/c1-13-10-16(19-20-22-23-24(19)4)11-14(2)18(13)25-9-7-5-6-8-17-12-15(3)21-26-17/h10-12H,5-9H2,1-4H3. The molecule has 0 radical (unpaired) electrons. The average Bonchev–Trinajstić information content (AvgIpc) is 3.20. The number of aromatic nitrogens is 5. The first kappa shape index (κ1) is 18.1. The number of tetrazole rings is 1. The number of ether oxygens (including phenoxy) is 1. The second-order valence-electron chi connectivity index (χ2n) is 6.66. The van der Waals surface area contributed by atoms with Gasteiger partial charge in [0.2, 0.25) is 0 Å². The number of hydrogen-bond donors (Lipinski definition) is 0. The minimum atomic E-state index is 0.710. The lowest BCUT2D eigenvalue weighted by molar-refractivity contribution is 0.299. The molecule has 0 N–H and O–H groups in total. The summed E-state index contributed by atoms with van der Waals surface area (Å²) >= 11 is 0. The number of aryl methyl sites for hydroxylation is 5. The fourth-order valence-electron chi connectivity index (χ4n) is 3.07. The zero-order valence-electron chi connectivity index (χ0n) is 15.8. The first-order chi connectivity index (χ1) is 12.5. The van der Waals surface area contributed by atoms with E-state index in [1.165, 1.54) is 0 Å². The molecule has 26 heavy (non-hydrogen) atoms. The molecule has 2 heterocycles. The zero-order chi connectivity index (χ0) is 18.5. The molecule has 0 saturated heterocycles. The molecule has 0 saturated carbocycles. The van der Waals surface area contributed by atoms with Crippen LogP contribution in [0.1, 0.15) is 41.8 Å². The maximum absolute atomic E-state index is 6.03. The van der Waals surface area contributed by atoms with E-state index in [0.29, 0.717) is 6.61 Å². The van der Waals surface area contributed by atoms with Gasteiger partial charge in [0, 0.05) is 25.1 Å². The highest BCUT2D eigenvalue weighted by Gasteiger charge is 2.11.